The zero-order chi connectivity index (χ0) is 23.6. The summed E-state index contributed by atoms with van der Waals surface area (Å²) in [7, 11) is -2.19. The van der Waals surface area contributed by atoms with Gasteiger partial charge in [0.1, 0.15) is 5.75 Å². The van der Waals surface area contributed by atoms with E-state index < -0.39 is 15.9 Å². The fraction of sp³-hybridized carbons (Fsp3) is 0.273. The van der Waals surface area contributed by atoms with E-state index in [2.05, 4.69) is 10.3 Å². The number of thiazole rings is 1. The van der Waals surface area contributed by atoms with Crippen LogP contribution in [-0.2, 0) is 14.8 Å². The Morgan fingerprint density at radius 2 is 1.97 bits per heavy atom. The van der Waals surface area contributed by atoms with Crippen LogP contribution in [0, 0.1) is 5.92 Å². The molecule has 1 aliphatic rings. The van der Waals surface area contributed by atoms with E-state index >= 15 is 0 Å². The van der Waals surface area contributed by atoms with Crippen molar-refractivity contribution in [2.45, 2.75) is 17.7 Å². The van der Waals surface area contributed by atoms with E-state index in [9.17, 15) is 13.2 Å². The molecule has 7 nitrogen and oxygen atoms in total. The van der Waals surface area contributed by atoms with Gasteiger partial charge in [0.2, 0.25) is 15.9 Å². The third-order valence-electron chi connectivity index (χ3n) is 5.39. The van der Waals surface area contributed by atoms with Crippen LogP contribution in [0.4, 0.5) is 5.13 Å². The standard InChI is InChI=1S/C22H21Cl2N3O4S2/c1-31-16-5-7-17(8-6-16)33(29,30)27-10-2-3-14(12-27)21(28)26-22-25-20(13-32-22)18-9-4-15(23)11-19(18)24/h4-9,11,13-14H,2-3,10,12H2,1H3,(H,25,26,28). The molecule has 0 bridgehead atoms. The molecule has 33 heavy (non-hydrogen) atoms. The molecule has 174 valence electrons. The number of hydrogen-bond acceptors (Lipinski definition) is 6. The van der Waals surface area contributed by atoms with Gasteiger partial charge in [-0.15, -0.1) is 11.3 Å². The normalized spacial score (nSPS) is 17.0. The van der Waals surface area contributed by atoms with Crippen LogP contribution in [0.5, 0.6) is 5.75 Å². The number of halogens is 2. The Labute approximate surface area is 206 Å². The van der Waals surface area contributed by atoms with E-state index in [0.29, 0.717) is 51.6 Å². The van der Waals surface area contributed by atoms with Gasteiger partial charge in [-0.25, -0.2) is 13.4 Å². The molecule has 1 unspecified atom stereocenters. The molecular weight excluding hydrogens is 505 g/mol. The molecule has 3 aromatic rings. The maximum absolute atomic E-state index is 13.1. The third kappa shape index (κ3) is 5.33. The number of amides is 1. The fourth-order valence-electron chi connectivity index (χ4n) is 3.63. The molecule has 1 saturated heterocycles. The van der Waals surface area contributed by atoms with Crippen LogP contribution in [0.25, 0.3) is 11.3 Å². The van der Waals surface area contributed by atoms with E-state index in [-0.39, 0.29) is 17.3 Å². The molecule has 0 saturated carbocycles. The summed E-state index contributed by atoms with van der Waals surface area (Å²) >= 11 is 13.5. The summed E-state index contributed by atoms with van der Waals surface area (Å²) in [6.45, 7) is 0.482. The van der Waals surface area contributed by atoms with Crippen LogP contribution in [0.3, 0.4) is 0 Å². The fourth-order valence-corrected chi connectivity index (χ4v) is 6.37. The van der Waals surface area contributed by atoms with Crippen molar-refractivity contribution < 1.29 is 17.9 Å². The van der Waals surface area contributed by atoms with Gasteiger partial charge in [0, 0.05) is 29.1 Å². The highest BCUT2D eigenvalue weighted by Crippen LogP contribution is 2.33. The molecule has 2 heterocycles. The quantitative estimate of drug-likeness (QED) is 0.479. The summed E-state index contributed by atoms with van der Waals surface area (Å²) in [5.74, 6) is -0.154. The van der Waals surface area contributed by atoms with Crippen molar-refractivity contribution in [3.63, 3.8) is 0 Å². The van der Waals surface area contributed by atoms with Crippen LogP contribution in [0.15, 0.2) is 52.7 Å². The number of nitrogens with one attached hydrogen (secondary N) is 1. The number of methoxy groups -OCH3 is 1. The molecule has 1 amide bonds. The van der Waals surface area contributed by atoms with Crippen molar-refractivity contribution >= 4 is 55.6 Å². The van der Waals surface area contributed by atoms with Gasteiger partial charge in [-0.05, 0) is 55.3 Å². The molecule has 1 N–H and O–H groups in total. The summed E-state index contributed by atoms with van der Waals surface area (Å²) in [5, 5.41) is 6.04. The number of sulfonamides is 1. The Morgan fingerprint density at radius 3 is 2.67 bits per heavy atom. The Morgan fingerprint density at radius 1 is 1.21 bits per heavy atom. The second kappa shape index (κ2) is 9.99. The predicted molar refractivity (Wildman–Crippen MR) is 131 cm³/mol. The first kappa shape index (κ1) is 24.0. The first-order valence-electron chi connectivity index (χ1n) is 10.1. The summed E-state index contributed by atoms with van der Waals surface area (Å²) < 4.78 is 32.6. The minimum Gasteiger partial charge on any atom is -0.497 e. The van der Waals surface area contributed by atoms with Gasteiger partial charge in [-0.3, -0.25) is 4.79 Å². The second-order valence-electron chi connectivity index (χ2n) is 7.53. The van der Waals surface area contributed by atoms with Gasteiger partial charge in [0.25, 0.3) is 0 Å². The number of carbonyl (C=O) groups is 1. The van der Waals surface area contributed by atoms with Crippen molar-refractivity contribution in [1.29, 1.82) is 0 Å². The van der Waals surface area contributed by atoms with Crippen molar-refractivity contribution in [3.05, 3.63) is 57.9 Å². The van der Waals surface area contributed by atoms with Crippen LogP contribution in [0.2, 0.25) is 10.0 Å². The lowest BCUT2D eigenvalue weighted by molar-refractivity contribution is -0.120. The lowest BCUT2D eigenvalue weighted by atomic mass is 9.99. The lowest BCUT2D eigenvalue weighted by Crippen LogP contribution is -2.43. The van der Waals surface area contributed by atoms with Gasteiger partial charge in [0.05, 0.1) is 28.6 Å². The largest absolute Gasteiger partial charge is 0.497 e. The van der Waals surface area contributed by atoms with E-state index in [1.807, 2.05) is 0 Å². The maximum atomic E-state index is 13.1. The number of rotatable bonds is 6. The van der Waals surface area contributed by atoms with E-state index in [1.165, 1.54) is 34.9 Å². The van der Waals surface area contributed by atoms with E-state index in [4.69, 9.17) is 27.9 Å². The number of ether oxygens (including phenoxy) is 1. The minimum absolute atomic E-state index is 0.113. The van der Waals surface area contributed by atoms with Crippen LogP contribution >= 0.6 is 34.5 Å². The van der Waals surface area contributed by atoms with Crippen molar-refractivity contribution in [2.24, 2.45) is 5.92 Å². The molecule has 1 atom stereocenters. The Hall–Kier alpha value is -2.17. The predicted octanol–water partition coefficient (Wildman–Crippen LogP) is 5.16. The van der Waals surface area contributed by atoms with Crippen LogP contribution in [0.1, 0.15) is 12.8 Å². The van der Waals surface area contributed by atoms with Gasteiger partial charge >= 0.3 is 0 Å². The maximum Gasteiger partial charge on any atom is 0.243 e. The summed E-state index contributed by atoms with van der Waals surface area (Å²) in [5.41, 5.74) is 1.34. The highest BCUT2D eigenvalue weighted by Gasteiger charge is 2.33. The Kier molecular flexibility index (Phi) is 7.25. The van der Waals surface area contributed by atoms with Gasteiger partial charge in [-0.2, -0.15) is 4.31 Å². The molecule has 11 heteroatoms. The SMILES string of the molecule is COc1ccc(S(=O)(=O)N2CCCC(C(=O)Nc3nc(-c4ccc(Cl)cc4Cl)cs3)C2)cc1. The first-order valence-corrected chi connectivity index (χ1v) is 13.2. The number of hydrogen-bond donors (Lipinski definition) is 1. The monoisotopic (exact) mass is 525 g/mol. The highest BCUT2D eigenvalue weighted by atomic mass is 35.5. The third-order valence-corrected chi connectivity index (χ3v) is 8.58. The number of anilines is 1. The summed E-state index contributed by atoms with van der Waals surface area (Å²) in [6.07, 6.45) is 1.19. The molecule has 2 aromatic carbocycles. The van der Waals surface area contributed by atoms with Crippen molar-refractivity contribution in [3.8, 4) is 17.0 Å². The molecule has 0 spiro atoms. The topological polar surface area (TPSA) is 88.6 Å². The smallest absolute Gasteiger partial charge is 0.243 e. The molecule has 0 aliphatic carbocycles. The van der Waals surface area contributed by atoms with Crippen molar-refractivity contribution in [2.75, 3.05) is 25.5 Å². The average Bonchev–Trinajstić information content (AvgIpc) is 3.27. The second-order valence-corrected chi connectivity index (χ2v) is 11.2. The number of benzene rings is 2. The lowest BCUT2D eigenvalue weighted by Gasteiger charge is -2.31. The molecule has 0 radical (unpaired) electrons. The minimum atomic E-state index is -3.71. The first-order chi connectivity index (χ1) is 15.8. The Balaban J connectivity index is 1.44. The van der Waals surface area contributed by atoms with E-state index in [0.717, 1.165) is 0 Å². The van der Waals surface area contributed by atoms with Crippen LogP contribution in [-0.4, -0.2) is 43.8 Å². The van der Waals surface area contributed by atoms with Gasteiger partial charge in [-0.1, -0.05) is 23.2 Å². The molecule has 4 rings (SSSR count). The molecule has 1 aromatic heterocycles. The zero-order valence-corrected chi connectivity index (χ0v) is 20.8. The molecule has 1 fully saturated rings. The number of piperidine rings is 1. The summed E-state index contributed by atoms with van der Waals surface area (Å²) in [6, 6.07) is 11.4. The molecular formula is C22H21Cl2N3O4S2. The van der Waals surface area contributed by atoms with Gasteiger partial charge < -0.3 is 10.1 Å². The van der Waals surface area contributed by atoms with Gasteiger partial charge in [0.15, 0.2) is 5.13 Å². The number of nitrogens with zero attached hydrogens (tertiary/aromatic N) is 2. The molecule has 1 aliphatic heterocycles. The average molecular weight is 526 g/mol. The highest BCUT2D eigenvalue weighted by molar-refractivity contribution is 7.89. The number of aromatic nitrogens is 1. The van der Waals surface area contributed by atoms with E-state index in [1.54, 1.807) is 35.7 Å². The van der Waals surface area contributed by atoms with Crippen molar-refractivity contribution in [1.82, 2.24) is 9.29 Å². The number of carbonyl (C=O) groups excluding carboxylic acids is 1. The summed E-state index contributed by atoms with van der Waals surface area (Å²) in [4.78, 5) is 17.5. The Bertz CT molecular complexity index is 1260. The zero-order valence-electron chi connectivity index (χ0n) is 17.6. The van der Waals surface area contributed by atoms with Crippen LogP contribution < -0.4 is 10.1 Å².